The normalized spacial score (nSPS) is 12.1. The van der Waals surface area contributed by atoms with Gasteiger partial charge in [0.05, 0.1) is 14.2 Å². The van der Waals surface area contributed by atoms with E-state index < -0.39 is 17.7 Å². The van der Waals surface area contributed by atoms with Crippen molar-refractivity contribution in [2.45, 2.75) is 58.6 Å². The van der Waals surface area contributed by atoms with Crippen molar-refractivity contribution in [1.82, 2.24) is 15.6 Å². The van der Waals surface area contributed by atoms with Crippen LogP contribution in [0.1, 0.15) is 46.2 Å². The monoisotopic (exact) mass is 511 g/mol. The number of alkyl carbamates (subject to hydrolysis) is 1. The van der Waals surface area contributed by atoms with Crippen LogP contribution in [0.2, 0.25) is 0 Å². The number of methoxy groups -OCH3 is 2. The van der Waals surface area contributed by atoms with Crippen molar-refractivity contribution in [3.8, 4) is 23.0 Å². The number of amides is 2. The van der Waals surface area contributed by atoms with Crippen molar-refractivity contribution in [3.05, 3.63) is 48.2 Å². The summed E-state index contributed by atoms with van der Waals surface area (Å²) in [5.41, 5.74) is 1.45. The quantitative estimate of drug-likeness (QED) is 0.300. The number of benzene rings is 2. The first-order chi connectivity index (χ1) is 17.6. The van der Waals surface area contributed by atoms with E-state index in [1.54, 1.807) is 47.1 Å². The Morgan fingerprint density at radius 2 is 1.68 bits per heavy atom. The Labute approximate surface area is 217 Å². The van der Waals surface area contributed by atoms with E-state index in [0.717, 1.165) is 29.4 Å². The highest BCUT2D eigenvalue weighted by Crippen LogP contribution is 2.34. The molecule has 3 aromatic rings. The lowest BCUT2D eigenvalue weighted by Crippen LogP contribution is -2.48. The number of carbonyl (C=O) groups excluding carboxylic acids is 2. The van der Waals surface area contributed by atoms with Crippen LogP contribution in [0.5, 0.6) is 23.0 Å². The number of carbonyl (C=O) groups is 2. The molecule has 9 heteroatoms. The number of fused-ring (bicyclic) bond motifs is 1. The molecule has 2 amide bonds. The third-order valence-corrected chi connectivity index (χ3v) is 5.58. The molecule has 0 spiro atoms. The molecular formula is C28H37N3O6. The summed E-state index contributed by atoms with van der Waals surface area (Å²) in [6, 6.07) is 12.7. The number of nitrogens with one attached hydrogen (secondary N) is 3. The van der Waals surface area contributed by atoms with Crippen molar-refractivity contribution in [3.63, 3.8) is 0 Å². The highest BCUT2D eigenvalue weighted by Gasteiger charge is 2.22. The molecule has 0 fully saturated rings. The molecule has 0 saturated heterocycles. The van der Waals surface area contributed by atoms with Crippen LogP contribution in [-0.2, 0) is 16.0 Å². The second-order valence-electron chi connectivity index (χ2n) is 9.66. The summed E-state index contributed by atoms with van der Waals surface area (Å²) in [6.45, 7) is 7.68. The fourth-order valence-electron chi connectivity index (χ4n) is 3.80. The Kier molecular flexibility index (Phi) is 9.27. The zero-order valence-corrected chi connectivity index (χ0v) is 22.4. The SMILES string of the molecule is CCC(NC(=O)OC(C)(C)C)C(=O)NCCCc1cc2cc(Oc3ccc(OC)c(OC)c3)ccc2[nH]1. The Morgan fingerprint density at radius 3 is 2.35 bits per heavy atom. The van der Waals surface area contributed by atoms with Crippen molar-refractivity contribution >= 4 is 22.9 Å². The highest BCUT2D eigenvalue weighted by atomic mass is 16.6. The summed E-state index contributed by atoms with van der Waals surface area (Å²) >= 11 is 0. The number of aromatic amines is 1. The van der Waals surface area contributed by atoms with Crippen LogP contribution in [0.4, 0.5) is 4.79 Å². The van der Waals surface area contributed by atoms with Gasteiger partial charge in [0, 0.05) is 29.2 Å². The van der Waals surface area contributed by atoms with Gasteiger partial charge in [-0.05, 0) is 76.4 Å². The molecule has 1 atom stereocenters. The molecule has 0 saturated carbocycles. The molecule has 1 heterocycles. The number of hydrogen-bond donors (Lipinski definition) is 3. The van der Waals surface area contributed by atoms with Gasteiger partial charge in [-0.3, -0.25) is 4.79 Å². The Balaban J connectivity index is 1.51. The van der Waals surface area contributed by atoms with Gasteiger partial charge in [0.2, 0.25) is 5.91 Å². The number of hydrogen-bond acceptors (Lipinski definition) is 6. The van der Waals surface area contributed by atoms with Gasteiger partial charge in [-0.15, -0.1) is 0 Å². The zero-order valence-electron chi connectivity index (χ0n) is 22.4. The van der Waals surface area contributed by atoms with Gasteiger partial charge in [0.25, 0.3) is 0 Å². The standard InChI is InChI=1S/C28H37N3O6/c1-7-22(31-27(33)37-28(2,3)4)26(32)29-14-8-9-19-15-18-16-20(10-12-23(18)30-19)36-21-11-13-24(34-5)25(17-21)35-6/h10-13,15-17,22,30H,7-9,14H2,1-6H3,(H,29,32)(H,31,33). The molecule has 0 aliphatic heterocycles. The average Bonchev–Trinajstić information content (AvgIpc) is 3.26. The van der Waals surface area contributed by atoms with E-state index in [9.17, 15) is 9.59 Å². The second kappa shape index (κ2) is 12.4. The third kappa shape index (κ3) is 8.06. The smallest absolute Gasteiger partial charge is 0.408 e. The molecule has 2 aromatic carbocycles. The van der Waals surface area contributed by atoms with E-state index in [-0.39, 0.29) is 5.91 Å². The summed E-state index contributed by atoms with van der Waals surface area (Å²) in [7, 11) is 3.18. The van der Waals surface area contributed by atoms with Crippen LogP contribution < -0.4 is 24.8 Å². The van der Waals surface area contributed by atoms with Crippen LogP contribution in [0.3, 0.4) is 0 Å². The maximum absolute atomic E-state index is 12.5. The number of aryl methyl sites for hydroxylation is 1. The molecule has 3 N–H and O–H groups in total. The number of rotatable bonds is 11. The summed E-state index contributed by atoms with van der Waals surface area (Å²) in [4.78, 5) is 27.9. The number of aromatic nitrogens is 1. The van der Waals surface area contributed by atoms with Crippen molar-refractivity contribution < 1.29 is 28.5 Å². The van der Waals surface area contributed by atoms with Gasteiger partial charge in [0.15, 0.2) is 11.5 Å². The average molecular weight is 512 g/mol. The number of ether oxygens (including phenoxy) is 4. The van der Waals surface area contributed by atoms with Crippen LogP contribution in [-0.4, -0.2) is 49.4 Å². The lowest BCUT2D eigenvalue weighted by atomic mass is 10.2. The van der Waals surface area contributed by atoms with Crippen LogP contribution in [0.25, 0.3) is 10.9 Å². The molecule has 37 heavy (non-hydrogen) atoms. The Hall–Kier alpha value is -3.88. The molecule has 1 unspecified atom stereocenters. The minimum Gasteiger partial charge on any atom is -0.493 e. The predicted molar refractivity (Wildman–Crippen MR) is 143 cm³/mol. The lowest BCUT2D eigenvalue weighted by Gasteiger charge is -2.22. The van der Waals surface area contributed by atoms with Gasteiger partial charge in [0.1, 0.15) is 23.1 Å². The second-order valence-corrected chi connectivity index (χ2v) is 9.66. The highest BCUT2D eigenvalue weighted by molar-refractivity contribution is 5.85. The van der Waals surface area contributed by atoms with Gasteiger partial charge >= 0.3 is 6.09 Å². The zero-order chi connectivity index (χ0) is 27.0. The van der Waals surface area contributed by atoms with E-state index in [2.05, 4.69) is 21.7 Å². The van der Waals surface area contributed by atoms with E-state index in [0.29, 0.717) is 36.0 Å². The molecule has 9 nitrogen and oxygen atoms in total. The van der Waals surface area contributed by atoms with E-state index >= 15 is 0 Å². The van der Waals surface area contributed by atoms with E-state index in [1.165, 1.54) is 0 Å². The fourth-order valence-corrected chi connectivity index (χ4v) is 3.80. The molecular weight excluding hydrogens is 474 g/mol. The molecule has 200 valence electrons. The molecule has 0 aliphatic carbocycles. The molecule has 0 aliphatic rings. The van der Waals surface area contributed by atoms with Crippen molar-refractivity contribution in [2.75, 3.05) is 20.8 Å². The van der Waals surface area contributed by atoms with Crippen molar-refractivity contribution in [1.29, 1.82) is 0 Å². The first-order valence-corrected chi connectivity index (χ1v) is 12.4. The summed E-state index contributed by atoms with van der Waals surface area (Å²) < 4.78 is 21.9. The molecule has 3 rings (SSSR count). The lowest BCUT2D eigenvalue weighted by molar-refractivity contribution is -0.123. The van der Waals surface area contributed by atoms with Gasteiger partial charge < -0.3 is 34.6 Å². The van der Waals surface area contributed by atoms with E-state index in [1.807, 2.05) is 31.2 Å². The van der Waals surface area contributed by atoms with Crippen molar-refractivity contribution in [2.24, 2.45) is 0 Å². The molecule has 0 radical (unpaired) electrons. The first kappa shape index (κ1) is 27.7. The Morgan fingerprint density at radius 1 is 0.973 bits per heavy atom. The van der Waals surface area contributed by atoms with Gasteiger partial charge in [-0.25, -0.2) is 4.79 Å². The fraction of sp³-hybridized carbons (Fsp3) is 0.429. The topological polar surface area (TPSA) is 111 Å². The minimum atomic E-state index is -0.632. The van der Waals surface area contributed by atoms with E-state index in [4.69, 9.17) is 18.9 Å². The van der Waals surface area contributed by atoms with Crippen LogP contribution >= 0.6 is 0 Å². The van der Waals surface area contributed by atoms with Gasteiger partial charge in [-0.2, -0.15) is 0 Å². The number of H-pyrrole nitrogens is 1. The maximum atomic E-state index is 12.5. The third-order valence-electron chi connectivity index (χ3n) is 5.58. The predicted octanol–water partition coefficient (Wildman–Crippen LogP) is 5.33. The van der Waals surface area contributed by atoms with Crippen LogP contribution in [0.15, 0.2) is 42.5 Å². The minimum absolute atomic E-state index is 0.220. The maximum Gasteiger partial charge on any atom is 0.408 e. The van der Waals surface area contributed by atoms with Gasteiger partial charge in [-0.1, -0.05) is 6.92 Å². The first-order valence-electron chi connectivity index (χ1n) is 12.4. The molecule has 1 aromatic heterocycles. The van der Waals surface area contributed by atoms with Crippen LogP contribution in [0, 0.1) is 0 Å². The summed E-state index contributed by atoms with van der Waals surface area (Å²) in [5, 5.41) is 6.56. The largest absolute Gasteiger partial charge is 0.493 e. The molecule has 0 bridgehead atoms. The summed E-state index contributed by atoms with van der Waals surface area (Å²) in [5.74, 6) is 2.38. The Bertz CT molecular complexity index is 1210. The summed E-state index contributed by atoms with van der Waals surface area (Å²) in [6.07, 6.45) is 1.39.